The Kier molecular flexibility index (Phi) is 4.76. The number of nitrogens with one attached hydrogen (secondary N) is 2. The van der Waals surface area contributed by atoms with Gasteiger partial charge in [0.05, 0.1) is 13.7 Å². The van der Waals surface area contributed by atoms with Crippen LogP contribution >= 0.6 is 0 Å². The maximum atomic E-state index is 12.3. The summed E-state index contributed by atoms with van der Waals surface area (Å²) >= 11 is 0. The van der Waals surface area contributed by atoms with E-state index in [9.17, 15) is 4.79 Å². The van der Waals surface area contributed by atoms with Crippen LogP contribution in [0.2, 0.25) is 0 Å². The van der Waals surface area contributed by atoms with Crippen LogP contribution in [-0.4, -0.2) is 38.8 Å². The van der Waals surface area contributed by atoms with Crippen molar-refractivity contribution in [2.75, 3.05) is 26.7 Å². The van der Waals surface area contributed by atoms with Crippen molar-refractivity contribution in [2.45, 2.75) is 32.3 Å². The topological polar surface area (TPSA) is 59.6 Å². The molecule has 0 bridgehead atoms. The fourth-order valence-corrected chi connectivity index (χ4v) is 3.54. The summed E-state index contributed by atoms with van der Waals surface area (Å²) in [4.78, 5) is 12.3. The summed E-state index contributed by atoms with van der Waals surface area (Å²) in [6, 6.07) is 7.56. The van der Waals surface area contributed by atoms with E-state index in [1.165, 1.54) is 0 Å². The van der Waals surface area contributed by atoms with Gasteiger partial charge in [0.1, 0.15) is 6.10 Å². The summed E-state index contributed by atoms with van der Waals surface area (Å²) in [5.41, 5.74) is 0.280. The highest BCUT2D eigenvalue weighted by atomic mass is 16.5. The molecule has 2 unspecified atom stereocenters. The van der Waals surface area contributed by atoms with E-state index in [-0.39, 0.29) is 23.3 Å². The van der Waals surface area contributed by atoms with Gasteiger partial charge in [0.15, 0.2) is 11.5 Å². The van der Waals surface area contributed by atoms with Crippen LogP contribution in [0.1, 0.15) is 26.2 Å². The van der Waals surface area contributed by atoms with Gasteiger partial charge in [0.25, 0.3) is 0 Å². The molecule has 0 radical (unpaired) electrons. The van der Waals surface area contributed by atoms with Gasteiger partial charge in [-0.15, -0.1) is 0 Å². The molecule has 0 aromatic heterocycles. The Morgan fingerprint density at radius 1 is 1.35 bits per heavy atom. The quantitative estimate of drug-likeness (QED) is 0.842. The van der Waals surface area contributed by atoms with Crippen LogP contribution in [0, 0.1) is 11.3 Å². The molecule has 126 valence electrons. The molecule has 1 spiro atoms. The lowest BCUT2D eigenvalue weighted by Crippen LogP contribution is -2.37. The molecular weight excluding hydrogens is 292 g/mol. The first-order chi connectivity index (χ1) is 11.1. The average Bonchev–Trinajstić information content (AvgIpc) is 3.27. The third kappa shape index (κ3) is 3.61. The normalized spacial score (nSPS) is 23.1. The predicted molar refractivity (Wildman–Crippen MR) is 88.7 cm³/mol. The number of carbonyl (C=O) groups excluding carboxylic acids is 1. The van der Waals surface area contributed by atoms with Crippen LogP contribution in [0.5, 0.6) is 11.5 Å². The Labute approximate surface area is 137 Å². The summed E-state index contributed by atoms with van der Waals surface area (Å²) in [7, 11) is 1.63. The van der Waals surface area contributed by atoms with Gasteiger partial charge < -0.3 is 20.1 Å². The van der Waals surface area contributed by atoms with Crippen molar-refractivity contribution in [3.63, 3.8) is 0 Å². The van der Waals surface area contributed by atoms with Gasteiger partial charge in [0, 0.05) is 5.92 Å². The van der Waals surface area contributed by atoms with Crippen molar-refractivity contribution in [2.24, 2.45) is 11.3 Å². The first kappa shape index (κ1) is 16.1. The van der Waals surface area contributed by atoms with E-state index >= 15 is 0 Å². The summed E-state index contributed by atoms with van der Waals surface area (Å²) in [5.74, 6) is 1.80. The molecule has 23 heavy (non-hydrogen) atoms. The predicted octanol–water partition coefficient (Wildman–Crippen LogP) is 1.97. The Morgan fingerprint density at radius 2 is 2.04 bits per heavy atom. The molecule has 1 saturated heterocycles. The fraction of sp³-hybridized carbons (Fsp3) is 0.611. The Hall–Kier alpha value is -1.75. The SMILES string of the molecule is COc1ccccc1OC(C)CNC(=O)C1CC12CCNCC2. The van der Waals surface area contributed by atoms with Crippen LogP contribution in [0.25, 0.3) is 0 Å². The molecule has 5 heteroatoms. The number of para-hydroxylation sites is 2. The zero-order valence-electron chi connectivity index (χ0n) is 13.9. The number of piperidine rings is 1. The van der Waals surface area contributed by atoms with Crippen LogP contribution in [0.3, 0.4) is 0 Å². The molecule has 2 aliphatic rings. The number of rotatable bonds is 6. The van der Waals surface area contributed by atoms with Gasteiger partial charge in [-0.3, -0.25) is 4.79 Å². The maximum absolute atomic E-state index is 12.3. The lowest BCUT2D eigenvalue weighted by atomic mass is 9.92. The van der Waals surface area contributed by atoms with Crippen LogP contribution in [0.4, 0.5) is 0 Å². The standard InChI is InChI=1S/C18H26N2O3/c1-13(23-16-6-4-3-5-15(16)22-2)12-20-17(21)14-11-18(14)7-9-19-10-8-18/h3-6,13-14,19H,7-12H2,1-2H3,(H,20,21). The second-order valence-corrected chi connectivity index (χ2v) is 6.69. The highest BCUT2D eigenvalue weighted by Crippen LogP contribution is 2.58. The summed E-state index contributed by atoms with van der Waals surface area (Å²) < 4.78 is 11.2. The van der Waals surface area contributed by atoms with E-state index in [1.807, 2.05) is 31.2 Å². The van der Waals surface area contributed by atoms with Gasteiger partial charge in [-0.25, -0.2) is 0 Å². The molecule has 1 amide bonds. The molecular formula is C18H26N2O3. The van der Waals surface area contributed by atoms with E-state index in [4.69, 9.17) is 9.47 Å². The molecule has 1 heterocycles. The Balaban J connectivity index is 1.46. The van der Waals surface area contributed by atoms with Crippen molar-refractivity contribution >= 4 is 5.91 Å². The average molecular weight is 318 g/mol. The van der Waals surface area contributed by atoms with E-state index in [1.54, 1.807) is 7.11 Å². The van der Waals surface area contributed by atoms with E-state index in [0.717, 1.165) is 32.4 Å². The van der Waals surface area contributed by atoms with Crippen LogP contribution in [-0.2, 0) is 4.79 Å². The van der Waals surface area contributed by atoms with Crippen molar-refractivity contribution in [1.82, 2.24) is 10.6 Å². The number of amides is 1. The second kappa shape index (κ2) is 6.79. The van der Waals surface area contributed by atoms with Crippen LogP contribution in [0.15, 0.2) is 24.3 Å². The molecule has 3 rings (SSSR count). The highest BCUT2D eigenvalue weighted by Gasteiger charge is 2.57. The molecule has 1 saturated carbocycles. The van der Waals surface area contributed by atoms with Crippen molar-refractivity contribution in [1.29, 1.82) is 0 Å². The van der Waals surface area contributed by atoms with Gasteiger partial charge in [-0.1, -0.05) is 12.1 Å². The number of hydrogen-bond donors (Lipinski definition) is 2. The van der Waals surface area contributed by atoms with E-state index < -0.39 is 0 Å². The number of carbonyl (C=O) groups is 1. The monoisotopic (exact) mass is 318 g/mol. The van der Waals surface area contributed by atoms with Crippen molar-refractivity contribution in [3.05, 3.63) is 24.3 Å². The van der Waals surface area contributed by atoms with Gasteiger partial charge >= 0.3 is 0 Å². The summed E-state index contributed by atoms with van der Waals surface area (Å²) in [6.45, 7) is 4.55. The lowest BCUT2D eigenvalue weighted by Gasteiger charge is -2.23. The van der Waals surface area contributed by atoms with Gasteiger partial charge in [-0.05, 0) is 56.8 Å². The molecule has 2 atom stereocenters. The Morgan fingerprint density at radius 3 is 2.74 bits per heavy atom. The highest BCUT2D eigenvalue weighted by molar-refractivity contribution is 5.82. The smallest absolute Gasteiger partial charge is 0.223 e. The molecule has 1 aromatic carbocycles. The molecule has 1 aromatic rings. The minimum absolute atomic E-state index is 0.0991. The maximum Gasteiger partial charge on any atom is 0.223 e. The minimum atomic E-state index is -0.0991. The lowest BCUT2D eigenvalue weighted by molar-refractivity contribution is -0.123. The number of ether oxygens (including phenoxy) is 2. The Bertz CT molecular complexity index is 555. The first-order valence-electron chi connectivity index (χ1n) is 8.43. The van der Waals surface area contributed by atoms with E-state index in [0.29, 0.717) is 18.0 Å². The van der Waals surface area contributed by atoms with Crippen LogP contribution < -0.4 is 20.1 Å². The summed E-state index contributed by atoms with van der Waals surface area (Å²) in [6.07, 6.45) is 3.19. The molecule has 2 N–H and O–H groups in total. The zero-order valence-corrected chi connectivity index (χ0v) is 13.9. The van der Waals surface area contributed by atoms with Gasteiger partial charge in [-0.2, -0.15) is 0 Å². The molecule has 1 aliphatic carbocycles. The largest absolute Gasteiger partial charge is 0.493 e. The third-order valence-corrected chi connectivity index (χ3v) is 5.07. The minimum Gasteiger partial charge on any atom is -0.493 e. The number of hydrogen-bond acceptors (Lipinski definition) is 4. The van der Waals surface area contributed by atoms with Crippen molar-refractivity contribution in [3.8, 4) is 11.5 Å². The van der Waals surface area contributed by atoms with Crippen molar-refractivity contribution < 1.29 is 14.3 Å². The summed E-state index contributed by atoms with van der Waals surface area (Å²) in [5, 5.41) is 6.41. The molecule has 2 fully saturated rings. The first-order valence-corrected chi connectivity index (χ1v) is 8.43. The van der Waals surface area contributed by atoms with E-state index in [2.05, 4.69) is 10.6 Å². The number of methoxy groups -OCH3 is 1. The molecule has 5 nitrogen and oxygen atoms in total. The number of benzene rings is 1. The second-order valence-electron chi connectivity index (χ2n) is 6.69. The zero-order chi connectivity index (χ0) is 16.3. The molecule has 1 aliphatic heterocycles. The third-order valence-electron chi connectivity index (χ3n) is 5.07. The van der Waals surface area contributed by atoms with Gasteiger partial charge in [0.2, 0.25) is 5.91 Å². The fourth-order valence-electron chi connectivity index (χ4n) is 3.54.